The van der Waals surface area contributed by atoms with Crippen LogP contribution in [0.25, 0.3) is 11.1 Å². The first kappa shape index (κ1) is 18.4. The van der Waals surface area contributed by atoms with Gasteiger partial charge in [0.25, 0.3) is 5.56 Å². The molecule has 0 amide bonds. The molecular weight excluding hydrogens is 421 g/mol. The van der Waals surface area contributed by atoms with Crippen LogP contribution in [0.15, 0.2) is 35.8 Å². The van der Waals surface area contributed by atoms with Crippen molar-refractivity contribution in [1.29, 1.82) is 0 Å². The zero-order valence-electron chi connectivity index (χ0n) is 14.0. The Bertz CT molecular complexity index is 862. The molecule has 7 heteroatoms. The Morgan fingerprint density at radius 3 is 2.79 bits per heavy atom. The number of hydrogen-bond acceptors (Lipinski definition) is 4. The fourth-order valence-electron chi connectivity index (χ4n) is 2.29. The molecule has 6 nitrogen and oxygen atoms in total. The summed E-state index contributed by atoms with van der Waals surface area (Å²) in [7, 11) is 0. The fourth-order valence-corrected chi connectivity index (χ4v) is 2.43. The van der Waals surface area contributed by atoms with E-state index in [2.05, 4.69) is 28.6 Å². The zero-order chi connectivity index (χ0) is 17.9. The van der Waals surface area contributed by atoms with Crippen LogP contribution < -0.4 is 5.56 Å². The fraction of sp³-hybridized carbons (Fsp3) is 0.353. The smallest absolute Gasteiger partial charge is 0.337 e. The minimum absolute atomic E-state index is 0.238. The lowest BCUT2D eigenvalue weighted by molar-refractivity contribution is -0.132. The molecule has 0 fully saturated rings. The first-order chi connectivity index (χ1) is 11.4. The molecule has 0 aromatic carbocycles. The monoisotopic (exact) mass is 441 g/mol. The topological polar surface area (TPSA) is 65.6 Å². The number of aromatic nitrogens is 3. The van der Waals surface area contributed by atoms with Crippen LogP contribution in [-0.4, -0.2) is 20.2 Å². The predicted octanol–water partition coefficient (Wildman–Crippen LogP) is 3.49. The average Bonchev–Trinajstić information content (AvgIpc) is 3.00. The summed E-state index contributed by atoms with van der Waals surface area (Å²) >= 11 is 1.50. The molecular formula is C17H20IN3O3. The largest absolute Gasteiger partial charge is 0.393 e. The van der Waals surface area contributed by atoms with Crippen molar-refractivity contribution < 1.29 is 7.86 Å². The number of fused-ring (bicyclic) bond motifs is 1. The first-order valence-electron chi connectivity index (χ1n) is 7.69. The normalized spacial score (nSPS) is 11.5. The van der Waals surface area contributed by atoms with Crippen molar-refractivity contribution in [3.8, 4) is 0 Å². The van der Waals surface area contributed by atoms with Crippen LogP contribution in [0.4, 0.5) is 0 Å². The molecule has 0 bridgehead atoms. The van der Waals surface area contributed by atoms with E-state index in [1.807, 2.05) is 31.3 Å². The van der Waals surface area contributed by atoms with Crippen LogP contribution in [0.5, 0.6) is 0 Å². The molecule has 24 heavy (non-hydrogen) atoms. The summed E-state index contributed by atoms with van der Waals surface area (Å²) in [5.41, 5.74) is 1.83. The van der Waals surface area contributed by atoms with E-state index in [0.29, 0.717) is 16.9 Å². The van der Waals surface area contributed by atoms with Crippen LogP contribution in [0.2, 0.25) is 0 Å². The van der Waals surface area contributed by atoms with Crippen LogP contribution in [0.3, 0.4) is 0 Å². The summed E-state index contributed by atoms with van der Waals surface area (Å²) in [6.07, 6.45) is 6.60. The Hall–Kier alpha value is -1.90. The molecule has 2 rings (SSSR count). The first-order valence-corrected chi connectivity index (χ1v) is 8.57. The summed E-state index contributed by atoms with van der Waals surface area (Å²) in [4.78, 5) is 24.2. The third-order valence-electron chi connectivity index (χ3n) is 3.61. The van der Waals surface area contributed by atoms with E-state index in [-0.39, 0.29) is 18.0 Å². The number of allylic oxidation sites excluding steroid dienone is 3. The molecule has 0 saturated heterocycles. The number of rotatable bonds is 6. The van der Waals surface area contributed by atoms with E-state index in [9.17, 15) is 9.59 Å². The maximum Gasteiger partial charge on any atom is 0.337 e. The van der Waals surface area contributed by atoms with Crippen molar-refractivity contribution in [3.63, 3.8) is 0 Å². The summed E-state index contributed by atoms with van der Waals surface area (Å²) in [6.45, 7) is 9.93. The second-order valence-corrected chi connectivity index (χ2v) is 6.20. The van der Waals surface area contributed by atoms with E-state index in [1.54, 1.807) is 4.40 Å². The average molecular weight is 441 g/mol. The number of halogens is 1. The van der Waals surface area contributed by atoms with Gasteiger partial charge < -0.3 is 3.07 Å². The summed E-state index contributed by atoms with van der Waals surface area (Å²) in [5, 5.41) is 4.33. The number of carbonyl (C=O) groups is 1. The summed E-state index contributed by atoms with van der Waals surface area (Å²) < 4.78 is 7.49. The molecule has 2 aromatic rings. The van der Waals surface area contributed by atoms with Crippen molar-refractivity contribution >= 4 is 40.1 Å². The number of hydrogen-bond donors (Lipinski definition) is 0. The van der Waals surface area contributed by atoms with Gasteiger partial charge in [0, 0.05) is 11.8 Å². The molecule has 0 spiro atoms. The van der Waals surface area contributed by atoms with Crippen molar-refractivity contribution in [2.75, 3.05) is 0 Å². The molecule has 0 unspecified atom stereocenters. The minimum atomic E-state index is -0.536. The standard InChI is InChI=1S/C17H20IN3O3/c1-5-6-7-12(4)16-19-21(10-15(22)24-18)17(23)14-8-13(11(2)3)9-20(14)16/h6-9,11H,4-5,10H2,1-3H3/b7-6-. The maximum absolute atomic E-state index is 12.6. The highest BCUT2D eigenvalue weighted by molar-refractivity contribution is 14.1. The van der Waals surface area contributed by atoms with Gasteiger partial charge in [0.05, 0.1) is 0 Å². The van der Waals surface area contributed by atoms with E-state index in [1.165, 1.54) is 23.0 Å². The highest BCUT2D eigenvalue weighted by Gasteiger charge is 2.16. The van der Waals surface area contributed by atoms with E-state index < -0.39 is 5.97 Å². The van der Waals surface area contributed by atoms with Crippen molar-refractivity contribution in [1.82, 2.24) is 14.2 Å². The molecule has 128 valence electrons. The third-order valence-corrected chi connectivity index (χ3v) is 4.10. The van der Waals surface area contributed by atoms with Gasteiger partial charge in [-0.3, -0.25) is 9.20 Å². The second-order valence-electron chi connectivity index (χ2n) is 5.75. The number of carbonyl (C=O) groups excluding carboxylic acids is 1. The highest BCUT2D eigenvalue weighted by atomic mass is 127. The lowest BCUT2D eigenvalue weighted by Gasteiger charge is -2.09. The van der Waals surface area contributed by atoms with E-state index in [4.69, 9.17) is 0 Å². The van der Waals surface area contributed by atoms with Crippen LogP contribution in [0.1, 0.15) is 44.5 Å². The highest BCUT2D eigenvalue weighted by Crippen LogP contribution is 2.20. The quantitative estimate of drug-likeness (QED) is 0.509. The van der Waals surface area contributed by atoms with Gasteiger partial charge >= 0.3 is 5.97 Å². The van der Waals surface area contributed by atoms with Crippen molar-refractivity contribution in [2.24, 2.45) is 0 Å². The molecule has 0 aliphatic rings. The molecule has 0 aliphatic heterocycles. The van der Waals surface area contributed by atoms with Crippen molar-refractivity contribution in [3.05, 3.63) is 52.7 Å². The van der Waals surface area contributed by atoms with E-state index in [0.717, 1.165) is 16.7 Å². The Balaban J connectivity index is 2.70. The van der Waals surface area contributed by atoms with Gasteiger partial charge in [0.1, 0.15) is 12.1 Å². The lowest BCUT2D eigenvalue weighted by Crippen LogP contribution is -2.29. The van der Waals surface area contributed by atoms with Gasteiger partial charge in [-0.25, -0.2) is 9.48 Å². The van der Waals surface area contributed by atoms with Crippen LogP contribution in [0, 0.1) is 0 Å². The molecule has 2 aromatic heterocycles. The van der Waals surface area contributed by atoms with Gasteiger partial charge in [0.2, 0.25) is 0 Å². The van der Waals surface area contributed by atoms with Crippen LogP contribution in [-0.2, 0) is 14.4 Å². The Kier molecular flexibility index (Phi) is 5.98. The van der Waals surface area contributed by atoms with Gasteiger partial charge in [-0.2, -0.15) is 5.10 Å². The summed E-state index contributed by atoms with van der Waals surface area (Å²) in [6, 6.07) is 1.83. The van der Waals surface area contributed by atoms with Gasteiger partial charge in [-0.05, 0) is 24.0 Å². The predicted molar refractivity (Wildman–Crippen MR) is 102 cm³/mol. The minimum Gasteiger partial charge on any atom is -0.393 e. The maximum atomic E-state index is 12.6. The molecule has 0 saturated carbocycles. The number of nitrogens with zero attached hydrogens (tertiary/aromatic N) is 3. The molecule has 0 aliphatic carbocycles. The van der Waals surface area contributed by atoms with E-state index >= 15 is 0 Å². The Morgan fingerprint density at radius 1 is 1.50 bits per heavy atom. The van der Waals surface area contributed by atoms with Gasteiger partial charge in [-0.1, -0.05) is 39.5 Å². The molecule has 0 N–H and O–H groups in total. The SMILES string of the molecule is C=C(/C=C\CC)c1nn(CC(=O)OI)c(=O)c2cc(C(C)C)cn12. The van der Waals surface area contributed by atoms with Crippen molar-refractivity contribution in [2.45, 2.75) is 39.7 Å². The third kappa shape index (κ3) is 3.77. The van der Waals surface area contributed by atoms with Crippen LogP contribution >= 0.6 is 23.0 Å². The Morgan fingerprint density at radius 2 is 2.21 bits per heavy atom. The van der Waals surface area contributed by atoms with Gasteiger partial charge in [0.15, 0.2) is 28.8 Å². The Labute approximate surface area is 154 Å². The molecule has 0 radical (unpaired) electrons. The van der Waals surface area contributed by atoms with Gasteiger partial charge in [-0.15, -0.1) is 0 Å². The zero-order valence-corrected chi connectivity index (χ0v) is 16.1. The lowest BCUT2D eigenvalue weighted by atomic mass is 10.1. The molecule has 2 heterocycles. The second kappa shape index (κ2) is 7.78. The molecule has 0 atom stereocenters. The summed E-state index contributed by atoms with van der Waals surface area (Å²) in [5.74, 6) is 0.262.